The highest BCUT2D eigenvalue weighted by molar-refractivity contribution is 5.15. The largest absolute Gasteiger partial charge is 0.473 e. The van der Waals surface area contributed by atoms with Crippen LogP contribution in [-0.4, -0.2) is 4.98 Å². The fourth-order valence-electron chi connectivity index (χ4n) is 1.12. The van der Waals surface area contributed by atoms with Crippen LogP contribution in [0.2, 0.25) is 0 Å². The van der Waals surface area contributed by atoms with Crippen molar-refractivity contribution in [3.8, 4) is 5.88 Å². The average molecular weight is 202 g/mol. The van der Waals surface area contributed by atoms with Crippen molar-refractivity contribution < 1.29 is 9.13 Å². The van der Waals surface area contributed by atoms with Crippen molar-refractivity contribution >= 4 is 0 Å². The summed E-state index contributed by atoms with van der Waals surface area (Å²) < 4.78 is 17.9. The molecule has 0 aliphatic heterocycles. The van der Waals surface area contributed by atoms with Gasteiger partial charge in [0.15, 0.2) is 0 Å². The van der Waals surface area contributed by atoms with Crippen LogP contribution in [0.4, 0.5) is 4.39 Å². The van der Waals surface area contributed by atoms with E-state index in [-0.39, 0.29) is 5.82 Å². The third-order valence-corrected chi connectivity index (χ3v) is 1.87. The van der Waals surface area contributed by atoms with Crippen LogP contribution in [0.5, 0.6) is 5.88 Å². The number of rotatable bonds is 3. The molecule has 15 heavy (non-hydrogen) atoms. The van der Waals surface area contributed by atoms with Gasteiger partial charge in [-0.1, -0.05) is 24.3 Å². The maximum Gasteiger partial charge on any atom is 0.213 e. The van der Waals surface area contributed by atoms with Gasteiger partial charge in [0.25, 0.3) is 0 Å². The summed E-state index contributed by atoms with van der Waals surface area (Å²) in [6.07, 6.45) is 1.13. The number of hydrogen-bond donors (Lipinski definition) is 0. The van der Waals surface area contributed by atoms with E-state index in [4.69, 9.17) is 4.74 Å². The third-order valence-electron chi connectivity index (χ3n) is 1.87. The van der Waals surface area contributed by atoms with Gasteiger partial charge in [-0.25, -0.2) is 9.37 Å². The van der Waals surface area contributed by atoms with Gasteiger partial charge in [-0.2, -0.15) is 0 Å². The van der Waals surface area contributed by atoms with Crippen LogP contribution in [-0.2, 0) is 6.61 Å². The number of pyridine rings is 1. The third kappa shape index (κ3) is 2.77. The Morgan fingerprint density at radius 3 is 2.67 bits per heavy atom. The Morgan fingerprint density at radius 2 is 2.00 bits per heavy atom. The highest BCUT2D eigenvalue weighted by Gasteiger charge is 1.96. The van der Waals surface area contributed by atoms with Gasteiger partial charge in [-0.05, 0) is 17.7 Å². The number of halogens is 1. The van der Waals surface area contributed by atoms with Crippen LogP contribution >= 0.6 is 0 Å². The van der Waals surface area contributed by atoms with Crippen LogP contribution < -0.4 is 4.74 Å². The summed E-state index contributed by atoms with van der Waals surface area (Å²) in [5.74, 6) is 0.0564. The summed E-state index contributed by atoms with van der Waals surface area (Å²) in [4.78, 5) is 3.79. The summed E-state index contributed by atoms with van der Waals surface area (Å²) in [5.41, 5.74) is 1.03. The monoisotopic (exact) mass is 202 g/mol. The molecule has 75 valence electrons. The van der Waals surface area contributed by atoms with E-state index in [1.54, 1.807) is 0 Å². The first-order chi connectivity index (χ1) is 7.34. The maximum atomic E-state index is 12.5. The summed E-state index contributed by atoms with van der Waals surface area (Å²) >= 11 is 0. The molecule has 0 amide bonds. The lowest BCUT2D eigenvalue weighted by Crippen LogP contribution is -1.96. The molecule has 2 aromatic rings. The van der Waals surface area contributed by atoms with Crippen molar-refractivity contribution in [1.82, 2.24) is 4.98 Å². The summed E-state index contributed by atoms with van der Waals surface area (Å²) in [5, 5.41) is 0. The maximum absolute atomic E-state index is 12.5. The molecule has 0 spiro atoms. The molecule has 1 radical (unpaired) electrons. The zero-order valence-electron chi connectivity index (χ0n) is 7.98. The normalized spacial score (nSPS) is 9.93. The Hall–Kier alpha value is -1.90. The van der Waals surface area contributed by atoms with E-state index in [1.807, 2.05) is 24.3 Å². The van der Waals surface area contributed by atoms with Gasteiger partial charge in [-0.3, -0.25) is 0 Å². The standard InChI is InChI=1S/C12H9FNO/c13-11-6-7-12(14-8-11)15-9-10-4-2-1-3-5-10/h2-8H,9H2. The van der Waals surface area contributed by atoms with Gasteiger partial charge < -0.3 is 4.74 Å². The van der Waals surface area contributed by atoms with Crippen LogP contribution in [0.15, 0.2) is 42.6 Å². The zero-order valence-corrected chi connectivity index (χ0v) is 7.98. The van der Waals surface area contributed by atoms with Crippen molar-refractivity contribution in [2.24, 2.45) is 0 Å². The predicted octanol–water partition coefficient (Wildman–Crippen LogP) is 2.60. The number of ether oxygens (including phenoxy) is 1. The number of aromatic nitrogens is 1. The van der Waals surface area contributed by atoms with Crippen molar-refractivity contribution in [2.75, 3.05) is 0 Å². The lowest BCUT2D eigenvalue weighted by molar-refractivity contribution is 0.293. The van der Waals surface area contributed by atoms with Crippen LogP contribution in [0.1, 0.15) is 5.56 Å². The Balaban J connectivity index is 1.96. The molecule has 0 saturated carbocycles. The van der Waals surface area contributed by atoms with E-state index in [0.717, 1.165) is 11.8 Å². The molecule has 0 N–H and O–H groups in total. The molecule has 0 fully saturated rings. The highest BCUT2D eigenvalue weighted by atomic mass is 19.1. The molecular weight excluding hydrogens is 193 g/mol. The first kappa shape index (κ1) is 9.65. The molecule has 1 aromatic heterocycles. The number of nitrogens with zero attached hydrogens (tertiary/aromatic N) is 1. The summed E-state index contributed by atoms with van der Waals surface area (Å²) in [6, 6.07) is 13.2. The van der Waals surface area contributed by atoms with Crippen molar-refractivity contribution in [2.45, 2.75) is 6.61 Å². The Kier molecular flexibility index (Phi) is 2.93. The molecule has 0 saturated heterocycles. The van der Waals surface area contributed by atoms with Crippen LogP contribution in [0.3, 0.4) is 0 Å². The lowest BCUT2D eigenvalue weighted by atomic mass is 10.2. The second kappa shape index (κ2) is 4.55. The summed E-state index contributed by atoms with van der Waals surface area (Å²) in [7, 11) is 0. The second-order valence-corrected chi connectivity index (χ2v) is 3.01. The Bertz CT molecular complexity index is 413. The minimum Gasteiger partial charge on any atom is -0.473 e. The molecule has 0 unspecified atom stereocenters. The topological polar surface area (TPSA) is 22.1 Å². The van der Waals surface area contributed by atoms with Gasteiger partial charge in [0.2, 0.25) is 5.88 Å². The van der Waals surface area contributed by atoms with Crippen molar-refractivity contribution in [3.05, 3.63) is 60.0 Å². The van der Waals surface area contributed by atoms with E-state index in [9.17, 15) is 4.39 Å². The van der Waals surface area contributed by atoms with E-state index in [2.05, 4.69) is 11.1 Å². The summed E-state index contributed by atoms with van der Waals surface area (Å²) in [6.45, 7) is 0.424. The quantitative estimate of drug-likeness (QED) is 0.763. The molecule has 3 heteroatoms. The number of hydrogen-bond acceptors (Lipinski definition) is 2. The molecule has 0 aliphatic carbocycles. The SMILES string of the molecule is Fc1ccc(OCc2cc[c]cc2)nc1. The smallest absolute Gasteiger partial charge is 0.213 e. The van der Waals surface area contributed by atoms with Crippen LogP contribution in [0, 0.1) is 11.9 Å². The van der Waals surface area contributed by atoms with Gasteiger partial charge in [0.1, 0.15) is 12.4 Å². The van der Waals surface area contributed by atoms with Gasteiger partial charge in [0, 0.05) is 6.07 Å². The minimum absolute atomic E-state index is 0.364. The van der Waals surface area contributed by atoms with Gasteiger partial charge in [-0.15, -0.1) is 0 Å². The molecule has 0 atom stereocenters. The minimum atomic E-state index is -0.364. The van der Waals surface area contributed by atoms with E-state index < -0.39 is 0 Å². The van der Waals surface area contributed by atoms with Gasteiger partial charge >= 0.3 is 0 Å². The molecule has 0 aliphatic rings. The Labute approximate surface area is 87.4 Å². The van der Waals surface area contributed by atoms with Crippen molar-refractivity contribution in [1.29, 1.82) is 0 Å². The number of benzene rings is 1. The fraction of sp³-hybridized carbons (Fsp3) is 0.0833. The fourth-order valence-corrected chi connectivity index (χ4v) is 1.12. The Morgan fingerprint density at radius 1 is 1.20 bits per heavy atom. The van der Waals surface area contributed by atoms with E-state index >= 15 is 0 Å². The van der Waals surface area contributed by atoms with E-state index in [1.165, 1.54) is 12.1 Å². The highest BCUT2D eigenvalue weighted by Crippen LogP contribution is 2.09. The molecule has 0 bridgehead atoms. The lowest BCUT2D eigenvalue weighted by Gasteiger charge is -2.04. The molecule has 1 aromatic carbocycles. The van der Waals surface area contributed by atoms with Crippen LogP contribution in [0.25, 0.3) is 0 Å². The molecular formula is C12H9FNO. The average Bonchev–Trinajstić information content (AvgIpc) is 2.30. The first-order valence-electron chi connectivity index (χ1n) is 4.54. The van der Waals surface area contributed by atoms with Crippen molar-refractivity contribution in [3.63, 3.8) is 0 Å². The zero-order chi connectivity index (χ0) is 10.5. The first-order valence-corrected chi connectivity index (χ1v) is 4.54. The molecule has 2 nitrogen and oxygen atoms in total. The molecule has 2 rings (SSSR count). The van der Waals surface area contributed by atoms with E-state index in [0.29, 0.717) is 12.5 Å². The molecule has 1 heterocycles. The second-order valence-electron chi connectivity index (χ2n) is 3.01. The predicted molar refractivity (Wildman–Crippen MR) is 53.8 cm³/mol. The van der Waals surface area contributed by atoms with Gasteiger partial charge in [0.05, 0.1) is 6.20 Å².